The molecule has 0 saturated carbocycles. The molecule has 0 aliphatic heterocycles. The van der Waals surface area contributed by atoms with E-state index in [4.69, 9.17) is 14.6 Å². The summed E-state index contributed by atoms with van der Waals surface area (Å²) in [5, 5.41) is 4.75. The number of hydrogen-bond acceptors (Lipinski definition) is 4. The van der Waals surface area contributed by atoms with Crippen molar-refractivity contribution in [2.45, 2.75) is 6.61 Å². The molecular formula is C26H22N2O3. The lowest BCUT2D eigenvalue weighted by Crippen LogP contribution is -2.00. The first-order valence-electron chi connectivity index (χ1n) is 9.91. The first-order chi connectivity index (χ1) is 15.2. The van der Waals surface area contributed by atoms with Gasteiger partial charge in [-0.3, -0.25) is 0 Å². The normalized spacial score (nSPS) is 10.9. The highest BCUT2D eigenvalue weighted by atomic mass is 16.5. The topological polar surface area (TPSA) is 53.4 Å². The van der Waals surface area contributed by atoms with Crippen molar-refractivity contribution in [1.29, 1.82) is 0 Å². The fourth-order valence-electron chi connectivity index (χ4n) is 3.13. The SMILES string of the molecule is COc1ccc(-c2nn(-c3ccccc3)cc2/C=C\C(=O)OCc2ccccc2)cc1. The minimum atomic E-state index is -0.406. The van der Waals surface area contributed by atoms with Crippen LogP contribution >= 0.6 is 0 Å². The van der Waals surface area contributed by atoms with Crippen molar-refractivity contribution in [2.75, 3.05) is 7.11 Å². The van der Waals surface area contributed by atoms with E-state index in [-0.39, 0.29) is 6.61 Å². The zero-order valence-electron chi connectivity index (χ0n) is 17.1. The molecule has 0 saturated heterocycles. The van der Waals surface area contributed by atoms with Gasteiger partial charge in [-0.15, -0.1) is 0 Å². The van der Waals surface area contributed by atoms with E-state index in [1.807, 2.05) is 91.1 Å². The average Bonchev–Trinajstić information content (AvgIpc) is 3.27. The summed E-state index contributed by atoms with van der Waals surface area (Å²) in [4.78, 5) is 12.2. The van der Waals surface area contributed by atoms with E-state index in [9.17, 15) is 4.79 Å². The van der Waals surface area contributed by atoms with Gasteiger partial charge < -0.3 is 9.47 Å². The molecule has 1 aromatic heterocycles. The molecule has 0 fully saturated rings. The van der Waals surface area contributed by atoms with Crippen LogP contribution in [0.15, 0.2) is 97.2 Å². The Kier molecular flexibility index (Phi) is 6.24. The van der Waals surface area contributed by atoms with E-state index in [0.717, 1.165) is 33.8 Å². The number of carbonyl (C=O) groups excluding carboxylic acids is 1. The van der Waals surface area contributed by atoms with Crippen LogP contribution in [0.25, 0.3) is 23.0 Å². The zero-order valence-corrected chi connectivity index (χ0v) is 17.1. The van der Waals surface area contributed by atoms with Crippen molar-refractivity contribution < 1.29 is 14.3 Å². The molecule has 5 nitrogen and oxygen atoms in total. The van der Waals surface area contributed by atoms with Crippen LogP contribution in [0.1, 0.15) is 11.1 Å². The van der Waals surface area contributed by atoms with Crippen LogP contribution in [0.3, 0.4) is 0 Å². The van der Waals surface area contributed by atoms with Crippen LogP contribution in [0.4, 0.5) is 0 Å². The molecule has 4 aromatic rings. The number of benzene rings is 3. The van der Waals surface area contributed by atoms with Gasteiger partial charge in [0.2, 0.25) is 0 Å². The summed E-state index contributed by atoms with van der Waals surface area (Å²) in [7, 11) is 1.63. The molecule has 3 aromatic carbocycles. The van der Waals surface area contributed by atoms with E-state index < -0.39 is 5.97 Å². The molecule has 0 aliphatic rings. The van der Waals surface area contributed by atoms with Gasteiger partial charge >= 0.3 is 5.97 Å². The fourth-order valence-corrected chi connectivity index (χ4v) is 3.13. The highest BCUT2D eigenvalue weighted by molar-refractivity contribution is 5.88. The number of nitrogens with zero attached hydrogens (tertiary/aromatic N) is 2. The van der Waals surface area contributed by atoms with E-state index in [1.165, 1.54) is 6.08 Å². The molecule has 0 amide bonds. The van der Waals surface area contributed by atoms with Gasteiger partial charge in [0.15, 0.2) is 0 Å². The van der Waals surface area contributed by atoms with E-state index >= 15 is 0 Å². The smallest absolute Gasteiger partial charge is 0.331 e. The highest BCUT2D eigenvalue weighted by Gasteiger charge is 2.11. The Morgan fingerprint density at radius 1 is 0.935 bits per heavy atom. The molecular weight excluding hydrogens is 388 g/mol. The van der Waals surface area contributed by atoms with Crippen molar-refractivity contribution in [1.82, 2.24) is 9.78 Å². The third-order valence-electron chi connectivity index (χ3n) is 4.75. The van der Waals surface area contributed by atoms with Crippen LogP contribution in [-0.4, -0.2) is 22.9 Å². The Hall–Kier alpha value is -4.12. The summed E-state index contributed by atoms with van der Waals surface area (Å²) in [6, 6.07) is 27.1. The van der Waals surface area contributed by atoms with Gasteiger partial charge in [-0.1, -0.05) is 48.5 Å². The predicted molar refractivity (Wildman–Crippen MR) is 121 cm³/mol. The summed E-state index contributed by atoms with van der Waals surface area (Å²) in [5.41, 5.74) is 4.38. The number of hydrogen-bond donors (Lipinski definition) is 0. The van der Waals surface area contributed by atoms with Gasteiger partial charge in [0, 0.05) is 23.4 Å². The molecule has 0 N–H and O–H groups in total. The first kappa shape index (κ1) is 20.2. The minimum Gasteiger partial charge on any atom is -0.497 e. The lowest BCUT2D eigenvalue weighted by Gasteiger charge is -2.03. The summed E-state index contributed by atoms with van der Waals surface area (Å²) in [6.45, 7) is 0.235. The Labute approximate surface area is 181 Å². The highest BCUT2D eigenvalue weighted by Crippen LogP contribution is 2.26. The fraction of sp³-hybridized carbons (Fsp3) is 0.0769. The monoisotopic (exact) mass is 410 g/mol. The molecule has 0 unspecified atom stereocenters. The average molecular weight is 410 g/mol. The summed E-state index contributed by atoms with van der Waals surface area (Å²) in [6.07, 6.45) is 5.07. The summed E-state index contributed by atoms with van der Waals surface area (Å²) < 4.78 is 12.4. The molecule has 1 heterocycles. The number of esters is 1. The molecule has 4 rings (SSSR count). The Bertz CT molecular complexity index is 1160. The number of aromatic nitrogens is 2. The van der Waals surface area contributed by atoms with Crippen LogP contribution < -0.4 is 4.74 Å². The first-order valence-corrected chi connectivity index (χ1v) is 9.91. The van der Waals surface area contributed by atoms with Gasteiger partial charge in [0.05, 0.1) is 18.5 Å². The van der Waals surface area contributed by atoms with Gasteiger partial charge in [-0.25, -0.2) is 9.48 Å². The Morgan fingerprint density at radius 3 is 2.29 bits per heavy atom. The zero-order chi connectivity index (χ0) is 21.5. The minimum absolute atomic E-state index is 0.235. The largest absolute Gasteiger partial charge is 0.497 e. The van der Waals surface area contributed by atoms with Crippen molar-refractivity contribution in [2.24, 2.45) is 0 Å². The number of rotatable bonds is 7. The molecule has 31 heavy (non-hydrogen) atoms. The van der Waals surface area contributed by atoms with E-state index in [1.54, 1.807) is 17.9 Å². The van der Waals surface area contributed by atoms with Crippen molar-refractivity contribution in [3.05, 3.63) is 108 Å². The summed E-state index contributed by atoms with van der Waals surface area (Å²) >= 11 is 0. The quantitative estimate of drug-likeness (QED) is 0.306. The number of ether oxygens (including phenoxy) is 2. The Morgan fingerprint density at radius 2 is 1.61 bits per heavy atom. The molecule has 0 spiro atoms. The molecule has 5 heteroatoms. The maximum atomic E-state index is 12.2. The third kappa shape index (κ3) is 5.08. The number of methoxy groups -OCH3 is 1. The predicted octanol–water partition coefficient (Wildman–Crippen LogP) is 5.30. The molecule has 154 valence electrons. The van der Waals surface area contributed by atoms with Crippen LogP contribution in [0.5, 0.6) is 5.75 Å². The van der Waals surface area contributed by atoms with Crippen LogP contribution in [0, 0.1) is 0 Å². The summed E-state index contributed by atoms with van der Waals surface area (Å²) in [5.74, 6) is 0.366. The maximum Gasteiger partial charge on any atom is 0.331 e. The van der Waals surface area contributed by atoms with E-state index in [0.29, 0.717) is 0 Å². The van der Waals surface area contributed by atoms with Crippen molar-refractivity contribution in [3.63, 3.8) is 0 Å². The Balaban J connectivity index is 1.59. The maximum absolute atomic E-state index is 12.2. The van der Waals surface area contributed by atoms with Crippen LogP contribution in [0.2, 0.25) is 0 Å². The number of para-hydroxylation sites is 1. The van der Waals surface area contributed by atoms with Crippen LogP contribution in [-0.2, 0) is 16.1 Å². The van der Waals surface area contributed by atoms with Gasteiger partial charge in [0.1, 0.15) is 12.4 Å². The van der Waals surface area contributed by atoms with Crippen molar-refractivity contribution >= 4 is 12.0 Å². The van der Waals surface area contributed by atoms with Gasteiger partial charge in [-0.05, 0) is 48.0 Å². The third-order valence-corrected chi connectivity index (χ3v) is 4.75. The number of carbonyl (C=O) groups is 1. The lowest BCUT2D eigenvalue weighted by atomic mass is 10.1. The second-order valence-electron chi connectivity index (χ2n) is 6.87. The molecule has 0 bridgehead atoms. The van der Waals surface area contributed by atoms with E-state index in [2.05, 4.69) is 0 Å². The lowest BCUT2D eigenvalue weighted by molar-refractivity contribution is -0.138. The molecule has 0 atom stereocenters. The second-order valence-corrected chi connectivity index (χ2v) is 6.87. The standard InChI is InChI=1S/C26H22N2O3/c1-30-24-15-12-21(13-16-24)26-22(18-28(27-26)23-10-6-3-7-11-23)14-17-25(29)31-19-20-8-4-2-5-9-20/h2-18H,19H2,1H3/b17-14-. The van der Waals surface area contributed by atoms with Crippen molar-refractivity contribution in [3.8, 4) is 22.7 Å². The second kappa shape index (κ2) is 9.59. The van der Waals surface area contributed by atoms with Gasteiger partial charge in [0.25, 0.3) is 0 Å². The van der Waals surface area contributed by atoms with Gasteiger partial charge in [-0.2, -0.15) is 5.10 Å². The molecule has 0 aliphatic carbocycles. The molecule has 0 radical (unpaired) electrons.